The van der Waals surface area contributed by atoms with E-state index in [1.165, 1.54) is 4.90 Å². The van der Waals surface area contributed by atoms with Crippen molar-refractivity contribution in [2.75, 3.05) is 18.1 Å². The Balaban J connectivity index is 2.19. The van der Waals surface area contributed by atoms with Gasteiger partial charge in [-0.3, -0.25) is 4.79 Å². The van der Waals surface area contributed by atoms with Crippen molar-refractivity contribution < 1.29 is 14.3 Å². The molecular weight excluding hydrogens is 352 g/mol. The van der Waals surface area contributed by atoms with Crippen LogP contribution in [0.25, 0.3) is 0 Å². The topological polar surface area (TPSA) is 70.4 Å². The van der Waals surface area contributed by atoms with E-state index in [1.807, 2.05) is 58.9 Å². The second-order valence-corrected chi connectivity index (χ2v) is 6.87. The summed E-state index contributed by atoms with van der Waals surface area (Å²) in [7, 11) is 0. The number of amides is 1. The molecule has 0 aliphatic heterocycles. The molecule has 146 valence electrons. The van der Waals surface area contributed by atoms with Gasteiger partial charge in [-0.15, -0.1) is 0 Å². The van der Waals surface area contributed by atoms with Gasteiger partial charge >= 0.3 is 5.97 Å². The van der Waals surface area contributed by atoms with Gasteiger partial charge in [0.2, 0.25) is 0 Å². The van der Waals surface area contributed by atoms with Gasteiger partial charge in [0.15, 0.2) is 6.61 Å². The molecule has 0 atom stereocenters. The predicted octanol–water partition coefficient (Wildman–Crippen LogP) is 4.33. The maximum atomic E-state index is 12.7. The summed E-state index contributed by atoms with van der Waals surface area (Å²) in [4.78, 5) is 26.9. The molecule has 2 rings (SSSR count). The van der Waals surface area contributed by atoms with E-state index < -0.39 is 5.97 Å². The van der Waals surface area contributed by atoms with Crippen LogP contribution in [0.1, 0.15) is 44.6 Å². The lowest BCUT2D eigenvalue weighted by Gasteiger charge is -2.22. The number of ether oxygens (including phenoxy) is 1. The van der Waals surface area contributed by atoms with E-state index in [0.29, 0.717) is 11.3 Å². The number of nitrogens with zero attached hydrogens (tertiary/aromatic N) is 2. The summed E-state index contributed by atoms with van der Waals surface area (Å²) >= 11 is 0. The number of hydrogen-bond donors (Lipinski definition) is 0. The number of nitriles is 1. The molecule has 0 aliphatic carbocycles. The molecule has 0 fully saturated rings. The van der Waals surface area contributed by atoms with Gasteiger partial charge < -0.3 is 9.64 Å². The molecule has 5 nitrogen and oxygen atoms in total. The van der Waals surface area contributed by atoms with Crippen LogP contribution in [-0.4, -0.2) is 25.0 Å². The summed E-state index contributed by atoms with van der Waals surface area (Å²) in [6, 6.07) is 11.1. The van der Waals surface area contributed by atoms with E-state index in [9.17, 15) is 9.59 Å². The molecule has 0 N–H and O–H groups in total. The molecular formula is C23H26N2O3. The third-order valence-corrected chi connectivity index (χ3v) is 5.35. The number of esters is 1. The Hall–Kier alpha value is -3.13. The van der Waals surface area contributed by atoms with E-state index in [1.54, 1.807) is 12.1 Å². The monoisotopic (exact) mass is 378 g/mol. The number of carbonyl (C=O) groups is 2. The summed E-state index contributed by atoms with van der Waals surface area (Å²) in [5.41, 5.74) is 6.23. The van der Waals surface area contributed by atoms with Gasteiger partial charge in [-0.05, 0) is 74.6 Å². The minimum Gasteiger partial charge on any atom is -0.452 e. The lowest BCUT2D eigenvalue weighted by molar-refractivity contribution is -0.121. The van der Waals surface area contributed by atoms with Gasteiger partial charge in [-0.1, -0.05) is 18.2 Å². The van der Waals surface area contributed by atoms with E-state index in [-0.39, 0.29) is 25.5 Å². The van der Waals surface area contributed by atoms with Crippen LogP contribution in [-0.2, 0) is 9.53 Å². The Morgan fingerprint density at radius 3 is 2.00 bits per heavy atom. The average molecular weight is 378 g/mol. The Kier molecular flexibility index (Phi) is 6.94. The molecule has 0 radical (unpaired) electrons. The lowest BCUT2D eigenvalue weighted by Crippen LogP contribution is -2.35. The number of benzene rings is 2. The summed E-state index contributed by atoms with van der Waals surface area (Å²) in [6.07, 6.45) is 0.198. The van der Waals surface area contributed by atoms with Crippen molar-refractivity contribution in [3.8, 4) is 6.07 Å². The van der Waals surface area contributed by atoms with Crippen LogP contribution in [0.4, 0.5) is 5.69 Å². The second-order valence-electron chi connectivity index (χ2n) is 6.87. The van der Waals surface area contributed by atoms with Crippen LogP contribution >= 0.6 is 0 Å². The average Bonchev–Trinajstić information content (AvgIpc) is 2.70. The Labute approximate surface area is 166 Å². The molecule has 2 aromatic rings. The van der Waals surface area contributed by atoms with Crippen molar-refractivity contribution in [3.63, 3.8) is 0 Å². The smallest absolute Gasteiger partial charge is 0.339 e. The van der Waals surface area contributed by atoms with Crippen molar-refractivity contribution in [3.05, 3.63) is 63.7 Å². The number of hydrogen-bond acceptors (Lipinski definition) is 4. The van der Waals surface area contributed by atoms with Gasteiger partial charge in [-0.25, -0.2) is 4.79 Å². The Bertz CT molecular complexity index is 898. The molecule has 0 saturated carbocycles. The molecule has 0 spiro atoms. The largest absolute Gasteiger partial charge is 0.452 e. The van der Waals surface area contributed by atoms with Crippen LogP contribution in [0.2, 0.25) is 0 Å². The lowest BCUT2D eigenvalue weighted by atomic mass is 9.90. The SMILES string of the molecule is Cc1c(C)c(C)c(C(=O)OCC(=O)N(CCC#N)c2ccccc2)c(C)c1C. The van der Waals surface area contributed by atoms with Crippen LogP contribution in [0.5, 0.6) is 0 Å². The van der Waals surface area contributed by atoms with Crippen molar-refractivity contribution >= 4 is 17.6 Å². The number of para-hydroxylation sites is 1. The third kappa shape index (κ3) is 4.40. The van der Waals surface area contributed by atoms with Crippen molar-refractivity contribution in [1.29, 1.82) is 5.26 Å². The number of rotatable bonds is 6. The highest BCUT2D eigenvalue weighted by atomic mass is 16.5. The molecule has 0 bridgehead atoms. The first-order valence-electron chi connectivity index (χ1n) is 9.26. The minimum absolute atomic E-state index is 0.198. The first-order chi connectivity index (χ1) is 13.3. The molecule has 5 heteroatoms. The Morgan fingerprint density at radius 2 is 1.46 bits per heavy atom. The Morgan fingerprint density at radius 1 is 0.929 bits per heavy atom. The first kappa shape index (κ1) is 21.2. The summed E-state index contributed by atoms with van der Waals surface area (Å²) in [5.74, 6) is -0.853. The van der Waals surface area contributed by atoms with Crippen molar-refractivity contribution in [1.82, 2.24) is 0 Å². The third-order valence-electron chi connectivity index (χ3n) is 5.35. The standard InChI is InChI=1S/C23H26N2O3/c1-15-16(2)18(4)22(19(5)17(15)3)23(27)28-14-21(26)25(13-9-12-24)20-10-7-6-8-11-20/h6-8,10-11H,9,13-14H2,1-5H3. The highest BCUT2D eigenvalue weighted by Crippen LogP contribution is 2.26. The second kappa shape index (κ2) is 9.18. The van der Waals surface area contributed by atoms with E-state index in [0.717, 1.165) is 27.8 Å². The molecule has 0 aromatic heterocycles. The summed E-state index contributed by atoms with van der Waals surface area (Å²) < 4.78 is 5.37. The fourth-order valence-electron chi connectivity index (χ4n) is 3.25. The fraction of sp³-hybridized carbons (Fsp3) is 0.348. The van der Waals surface area contributed by atoms with Gasteiger partial charge in [-0.2, -0.15) is 5.26 Å². The molecule has 0 aliphatic rings. The van der Waals surface area contributed by atoms with E-state index in [4.69, 9.17) is 10.00 Å². The summed E-state index contributed by atoms with van der Waals surface area (Å²) in [6.45, 7) is 9.68. The van der Waals surface area contributed by atoms with E-state index in [2.05, 4.69) is 0 Å². The molecule has 0 unspecified atom stereocenters. The first-order valence-corrected chi connectivity index (χ1v) is 9.26. The fourth-order valence-corrected chi connectivity index (χ4v) is 3.25. The van der Waals surface area contributed by atoms with Gasteiger partial charge in [0.1, 0.15) is 0 Å². The van der Waals surface area contributed by atoms with Gasteiger partial charge in [0.25, 0.3) is 5.91 Å². The van der Waals surface area contributed by atoms with Gasteiger partial charge in [0, 0.05) is 12.2 Å². The summed E-state index contributed by atoms with van der Waals surface area (Å²) in [5, 5.41) is 8.87. The van der Waals surface area contributed by atoms with Crippen LogP contribution in [0, 0.1) is 45.9 Å². The van der Waals surface area contributed by atoms with E-state index >= 15 is 0 Å². The number of carbonyl (C=O) groups excluding carboxylic acids is 2. The van der Waals surface area contributed by atoms with Crippen LogP contribution in [0.3, 0.4) is 0 Å². The quantitative estimate of drug-likeness (QED) is 0.702. The molecule has 0 heterocycles. The van der Waals surface area contributed by atoms with Crippen LogP contribution in [0.15, 0.2) is 30.3 Å². The normalized spacial score (nSPS) is 10.3. The highest BCUT2D eigenvalue weighted by Gasteiger charge is 2.22. The minimum atomic E-state index is -0.497. The molecule has 1 amide bonds. The number of anilines is 1. The molecule has 2 aromatic carbocycles. The molecule has 0 saturated heterocycles. The zero-order valence-corrected chi connectivity index (χ0v) is 17.1. The van der Waals surface area contributed by atoms with Crippen LogP contribution < -0.4 is 4.90 Å². The zero-order valence-electron chi connectivity index (χ0n) is 17.1. The highest BCUT2D eigenvalue weighted by molar-refractivity contribution is 5.98. The van der Waals surface area contributed by atoms with Crippen molar-refractivity contribution in [2.24, 2.45) is 0 Å². The maximum Gasteiger partial charge on any atom is 0.339 e. The maximum absolute atomic E-state index is 12.7. The zero-order chi connectivity index (χ0) is 20.8. The van der Waals surface area contributed by atoms with Crippen molar-refractivity contribution in [2.45, 2.75) is 41.0 Å². The predicted molar refractivity (Wildman–Crippen MR) is 109 cm³/mol. The molecule has 28 heavy (non-hydrogen) atoms. The van der Waals surface area contributed by atoms with Gasteiger partial charge in [0.05, 0.1) is 18.1 Å².